The monoisotopic (exact) mass is 437 g/mol. The molecule has 2 N–H and O–H groups in total. The van der Waals surface area contributed by atoms with Crippen LogP contribution in [0.4, 0.5) is 23.2 Å². The number of para-hydroxylation sites is 1. The predicted octanol–water partition coefficient (Wildman–Crippen LogP) is 4.42. The third kappa shape index (κ3) is 5.86. The van der Waals surface area contributed by atoms with E-state index in [1.54, 1.807) is 28.9 Å². The van der Waals surface area contributed by atoms with Crippen molar-refractivity contribution in [1.29, 1.82) is 0 Å². The summed E-state index contributed by atoms with van der Waals surface area (Å²) in [6.07, 6.45) is -4.66. The van der Waals surface area contributed by atoms with Crippen molar-refractivity contribution < 1.29 is 27.2 Å². The normalized spacial score (nSPS) is 11.2. The number of halogens is 4. The number of nitrogens with zero attached hydrogens (tertiary/aromatic N) is 1. The number of nitrogens with one attached hydrogen (secondary N) is 2. The Bertz CT molecular complexity index is 1070. The number of aromatic nitrogens is 1. The maximum absolute atomic E-state index is 13.4. The first-order valence-electron chi connectivity index (χ1n) is 8.65. The van der Waals surface area contributed by atoms with Crippen molar-refractivity contribution in [2.75, 3.05) is 11.9 Å². The molecule has 1 aromatic heterocycles. The summed E-state index contributed by atoms with van der Waals surface area (Å²) in [4.78, 5) is 28.7. The first kappa shape index (κ1) is 21.4. The summed E-state index contributed by atoms with van der Waals surface area (Å²) in [7, 11) is 0. The van der Waals surface area contributed by atoms with Crippen molar-refractivity contribution in [2.24, 2.45) is 0 Å². The van der Waals surface area contributed by atoms with E-state index in [9.17, 15) is 27.2 Å². The first-order valence-corrected chi connectivity index (χ1v) is 9.53. The van der Waals surface area contributed by atoms with Gasteiger partial charge in [-0.1, -0.05) is 24.3 Å². The Hall–Kier alpha value is -3.27. The Morgan fingerprint density at radius 1 is 1.07 bits per heavy atom. The van der Waals surface area contributed by atoms with Crippen molar-refractivity contribution in [1.82, 2.24) is 10.3 Å². The van der Waals surface area contributed by atoms with Crippen LogP contribution in [0.2, 0.25) is 0 Å². The van der Waals surface area contributed by atoms with Crippen LogP contribution in [0.5, 0.6) is 0 Å². The van der Waals surface area contributed by atoms with Crippen molar-refractivity contribution in [3.63, 3.8) is 0 Å². The Morgan fingerprint density at radius 3 is 2.57 bits per heavy atom. The van der Waals surface area contributed by atoms with Crippen LogP contribution in [-0.4, -0.2) is 29.5 Å². The quantitative estimate of drug-likeness (QED) is 0.561. The molecule has 2 amide bonds. The van der Waals surface area contributed by atoms with Crippen LogP contribution in [0.25, 0.3) is 10.6 Å². The zero-order chi connectivity index (χ0) is 21.7. The van der Waals surface area contributed by atoms with E-state index in [-0.39, 0.29) is 17.7 Å². The molecule has 0 saturated carbocycles. The molecule has 0 aliphatic rings. The highest BCUT2D eigenvalue weighted by atomic mass is 32.1. The molecular formula is C20H15F4N3O2S. The molecule has 156 valence electrons. The fourth-order valence-electron chi connectivity index (χ4n) is 2.57. The molecule has 0 aliphatic heterocycles. The van der Waals surface area contributed by atoms with Gasteiger partial charge in [0.2, 0.25) is 5.91 Å². The van der Waals surface area contributed by atoms with Crippen molar-refractivity contribution in [2.45, 2.75) is 12.6 Å². The van der Waals surface area contributed by atoms with Gasteiger partial charge in [-0.2, -0.15) is 13.2 Å². The van der Waals surface area contributed by atoms with E-state index in [4.69, 9.17) is 0 Å². The van der Waals surface area contributed by atoms with E-state index < -0.39 is 30.4 Å². The second kappa shape index (κ2) is 9.04. The molecule has 0 unspecified atom stereocenters. The van der Waals surface area contributed by atoms with Crippen LogP contribution in [0.3, 0.4) is 0 Å². The summed E-state index contributed by atoms with van der Waals surface area (Å²) in [6.45, 7) is -1.48. The van der Waals surface area contributed by atoms with Crippen molar-refractivity contribution in [3.8, 4) is 10.6 Å². The fourth-order valence-corrected chi connectivity index (χ4v) is 3.38. The van der Waals surface area contributed by atoms with Crippen molar-refractivity contribution in [3.05, 3.63) is 71.0 Å². The van der Waals surface area contributed by atoms with Gasteiger partial charge in [-0.15, -0.1) is 11.3 Å². The number of anilines is 1. The SMILES string of the molecule is O=C(Cc1csc(-c2cccc(F)c2)n1)Nc1ccccc1C(=O)NCC(F)(F)F. The Kier molecular flexibility index (Phi) is 6.46. The Morgan fingerprint density at radius 2 is 1.83 bits per heavy atom. The van der Waals surface area contributed by atoms with E-state index in [1.807, 2.05) is 0 Å². The van der Waals surface area contributed by atoms with E-state index in [0.717, 1.165) is 0 Å². The number of thiazole rings is 1. The topological polar surface area (TPSA) is 71.1 Å². The molecule has 0 fully saturated rings. The molecule has 5 nitrogen and oxygen atoms in total. The molecule has 0 saturated heterocycles. The highest BCUT2D eigenvalue weighted by Crippen LogP contribution is 2.25. The van der Waals surface area contributed by atoms with Gasteiger partial charge in [0.05, 0.1) is 23.4 Å². The van der Waals surface area contributed by atoms with Crippen LogP contribution >= 0.6 is 11.3 Å². The molecule has 3 rings (SSSR count). The zero-order valence-corrected chi connectivity index (χ0v) is 16.1. The van der Waals surface area contributed by atoms with Gasteiger partial charge in [0, 0.05) is 10.9 Å². The third-order valence-electron chi connectivity index (χ3n) is 3.86. The highest BCUT2D eigenvalue weighted by molar-refractivity contribution is 7.13. The average Bonchev–Trinajstić information content (AvgIpc) is 3.14. The molecule has 3 aromatic rings. The van der Waals surface area contributed by atoms with E-state index >= 15 is 0 Å². The molecule has 0 bridgehead atoms. The minimum absolute atomic E-state index is 0.0859. The summed E-state index contributed by atoms with van der Waals surface area (Å²) in [5.74, 6) is -1.85. The molecule has 0 atom stereocenters. The largest absolute Gasteiger partial charge is 0.405 e. The number of alkyl halides is 3. The smallest absolute Gasteiger partial charge is 0.343 e. The number of carbonyl (C=O) groups excluding carboxylic acids is 2. The second-order valence-corrected chi connectivity index (χ2v) is 7.08. The van der Waals surface area contributed by atoms with E-state index in [1.165, 1.54) is 41.7 Å². The lowest BCUT2D eigenvalue weighted by atomic mass is 10.1. The maximum Gasteiger partial charge on any atom is 0.405 e. The van der Waals surface area contributed by atoms with Crippen molar-refractivity contribution >= 4 is 28.8 Å². The molecule has 0 radical (unpaired) electrons. The molecule has 0 aliphatic carbocycles. The molecule has 10 heteroatoms. The zero-order valence-electron chi connectivity index (χ0n) is 15.3. The van der Waals surface area contributed by atoms with Gasteiger partial charge in [-0.3, -0.25) is 9.59 Å². The first-order chi connectivity index (χ1) is 14.2. The molecule has 30 heavy (non-hydrogen) atoms. The molecule has 1 heterocycles. The molecular weight excluding hydrogens is 422 g/mol. The number of hydrogen-bond donors (Lipinski definition) is 2. The van der Waals surface area contributed by atoms with Crippen LogP contribution < -0.4 is 10.6 Å². The summed E-state index contributed by atoms with van der Waals surface area (Å²) in [5.41, 5.74) is 1.02. The summed E-state index contributed by atoms with van der Waals surface area (Å²) in [5, 5.41) is 6.49. The lowest BCUT2D eigenvalue weighted by Crippen LogP contribution is -2.34. The van der Waals surface area contributed by atoms with Gasteiger partial charge in [0.25, 0.3) is 5.91 Å². The van der Waals surface area contributed by atoms with Gasteiger partial charge in [-0.25, -0.2) is 9.37 Å². The fraction of sp³-hybridized carbons (Fsp3) is 0.150. The van der Waals surface area contributed by atoms with Crippen LogP contribution in [0.15, 0.2) is 53.9 Å². The van der Waals surface area contributed by atoms with Crippen LogP contribution in [-0.2, 0) is 11.2 Å². The standard InChI is InChI=1S/C20H15F4N3O2S/c21-13-5-3-4-12(8-13)19-26-14(10-30-19)9-17(28)27-16-7-2-1-6-15(16)18(29)25-11-20(22,23)24/h1-8,10H,9,11H2,(H,25,29)(H,27,28). The summed E-state index contributed by atoms with van der Waals surface area (Å²) >= 11 is 1.25. The van der Waals surface area contributed by atoms with Gasteiger partial charge < -0.3 is 10.6 Å². The lowest BCUT2D eigenvalue weighted by Gasteiger charge is -2.12. The Labute approximate surface area is 172 Å². The number of carbonyl (C=O) groups is 2. The third-order valence-corrected chi connectivity index (χ3v) is 4.80. The number of benzene rings is 2. The summed E-state index contributed by atoms with van der Waals surface area (Å²) < 4.78 is 50.3. The molecule has 2 aromatic carbocycles. The molecule has 0 spiro atoms. The number of hydrogen-bond acceptors (Lipinski definition) is 4. The predicted molar refractivity (Wildman–Crippen MR) is 105 cm³/mol. The van der Waals surface area contributed by atoms with Crippen LogP contribution in [0.1, 0.15) is 16.1 Å². The van der Waals surface area contributed by atoms with E-state index in [2.05, 4.69) is 10.3 Å². The van der Waals surface area contributed by atoms with E-state index in [0.29, 0.717) is 16.3 Å². The van der Waals surface area contributed by atoms with Gasteiger partial charge in [0.1, 0.15) is 17.4 Å². The van der Waals surface area contributed by atoms with Crippen LogP contribution in [0, 0.1) is 5.82 Å². The maximum atomic E-state index is 13.4. The Balaban J connectivity index is 1.67. The number of amides is 2. The highest BCUT2D eigenvalue weighted by Gasteiger charge is 2.28. The average molecular weight is 437 g/mol. The number of rotatable bonds is 6. The second-order valence-electron chi connectivity index (χ2n) is 6.22. The minimum atomic E-state index is -4.54. The van der Waals surface area contributed by atoms with Gasteiger partial charge in [-0.05, 0) is 24.3 Å². The summed E-state index contributed by atoms with van der Waals surface area (Å²) in [6, 6.07) is 11.6. The van der Waals surface area contributed by atoms with Gasteiger partial charge >= 0.3 is 6.18 Å². The van der Waals surface area contributed by atoms with Gasteiger partial charge in [0.15, 0.2) is 0 Å². The minimum Gasteiger partial charge on any atom is -0.343 e. The lowest BCUT2D eigenvalue weighted by molar-refractivity contribution is -0.123.